The lowest BCUT2D eigenvalue weighted by molar-refractivity contribution is 0.778. The van der Waals surface area contributed by atoms with Crippen molar-refractivity contribution < 1.29 is 0 Å². The third-order valence-electron chi connectivity index (χ3n) is 2.54. The van der Waals surface area contributed by atoms with Crippen molar-refractivity contribution in [2.75, 3.05) is 11.1 Å². The summed E-state index contributed by atoms with van der Waals surface area (Å²) >= 11 is 0. The van der Waals surface area contributed by atoms with Gasteiger partial charge in [-0.1, -0.05) is 6.07 Å². The van der Waals surface area contributed by atoms with Crippen molar-refractivity contribution in [3.63, 3.8) is 0 Å². The second-order valence-corrected chi connectivity index (χ2v) is 3.72. The molecule has 17 heavy (non-hydrogen) atoms. The summed E-state index contributed by atoms with van der Waals surface area (Å²) in [5.74, 6) is 0.647. The van der Waals surface area contributed by atoms with Crippen LogP contribution in [0.5, 0.6) is 0 Å². The van der Waals surface area contributed by atoms with Gasteiger partial charge in [0.25, 0.3) is 0 Å². The number of benzene rings is 1. The van der Waals surface area contributed by atoms with E-state index in [4.69, 9.17) is 11.0 Å². The lowest BCUT2D eigenvalue weighted by Gasteiger charge is -2.05. The normalized spacial score (nSPS) is 9.88. The number of anilines is 2. The number of hydrogen-bond donors (Lipinski definition) is 2. The van der Waals surface area contributed by atoms with Crippen molar-refractivity contribution in [3.8, 4) is 6.07 Å². The van der Waals surface area contributed by atoms with Crippen LogP contribution in [-0.4, -0.2) is 9.78 Å². The fourth-order valence-electron chi connectivity index (χ4n) is 1.52. The van der Waals surface area contributed by atoms with Gasteiger partial charge < -0.3 is 11.1 Å². The van der Waals surface area contributed by atoms with Gasteiger partial charge >= 0.3 is 0 Å². The third kappa shape index (κ3) is 2.37. The summed E-state index contributed by atoms with van der Waals surface area (Å²) in [5.41, 5.74) is 8.30. The van der Waals surface area contributed by atoms with Crippen LogP contribution in [0.1, 0.15) is 11.1 Å². The van der Waals surface area contributed by atoms with Gasteiger partial charge in [0.1, 0.15) is 5.82 Å². The number of aromatic nitrogens is 2. The first-order valence-electron chi connectivity index (χ1n) is 5.21. The lowest BCUT2D eigenvalue weighted by atomic mass is 10.2. The average molecular weight is 227 g/mol. The number of nitrogen functional groups attached to an aromatic ring is 1. The van der Waals surface area contributed by atoms with Crippen molar-refractivity contribution in [1.29, 1.82) is 5.26 Å². The van der Waals surface area contributed by atoms with Crippen LogP contribution in [0.15, 0.2) is 30.5 Å². The van der Waals surface area contributed by atoms with Crippen molar-refractivity contribution in [2.45, 2.75) is 6.54 Å². The van der Waals surface area contributed by atoms with Crippen molar-refractivity contribution in [1.82, 2.24) is 9.78 Å². The molecule has 0 saturated heterocycles. The van der Waals surface area contributed by atoms with E-state index in [1.165, 1.54) is 0 Å². The zero-order chi connectivity index (χ0) is 12.3. The quantitative estimate of drug-likeness (QED) is 0.832. The van der Waals surface area contributed by atoms with Crippen LogP contribution >= 0.6 is 0 Å². The lowest BCUT2D eigenvalue weighted by Crippen LogP contribution is -2.04. The van der Waals surface area contributed by atoms with Crippen LogP contribution in [0.2, 0.25) is 0 Å². The van der Waals surface area contributed by atoms with Gasteiger partial charge in [-0.25, -0.2) is 0 Å². The van der Waals surface area contributed by atoms with Crippen LogP contribution in [0.3, 0.4) is 0 Å². The molecule has 0 fully saturated rings. The molecule has 0 spiro atoms. The Morgan fingerprint density at radius 2 is 2.35 bits per heavy atom. The standard InChI is InChI=1S/C12H13N5/c1-17-12(14)10(8-16-17)7-15-11-4-2-3-9(5-11)6-13/h2-5,8,15H,7,14H2,1H3. The molecular weight excluding hydrogens is 214 g/mol. The van der Waals surface area contributed by atoms with Gasteiger partial charge in [0.2, 0.25) is 0 Å². The summed E-state index contributed by atoms with van der Waals surface area (Å²) in [4.78, 5) is 0. The first-order chi connectivity index (χ1) is 8.20. The Morgan fingerprint density at radius 1 is 1.53 bits per heavy atom. The van der Waals surface area contributed by atoms with Crippen LogP contribution in [0.25, 0.3) is 0 Å². The van der Waals surface area contributed by atoms with Gasteiger partial charge in [-0.2, -0.15) is 10.4 Å². The molecule has 1 aromatic carbocycles. The summed E-state index contributed by atoms with van der Waals surface area (Å²) in [5, 5.41) is 16.1. The van der Waals surface area contributed by atoms with Crippen LogP contribution in [0.4, 0.5) is 11.5 Å². The van der Waals surface area contributed by atoms with Gasteiger partial charge in [0, 0.05) is 24.8 Å². The molecule has 1 heterocycles. The predicted molar refractivity (Wildman–Crippen MR) is 66.1 cm³/mol. The smallest absolute Gasteiger partial charge is 0.126 e. The van der Waals surface area contributed by atoms with Crippen molar-refractivity contribution in [2.24, 2.45) is 7.05 Å². The SMILES string of the molecule is Cn1ncc(CNc2cccc(C#N)c2)c1N. The molecule has 0 aliphatic heterocycles. The highest BCUT2D eigenvalue weighted by atomic mass is 15.3. The van der Waals surface area contributed by atoms with Gasteiger partial charge in [-0.15, -0.1) is 0 Å². The van der Waals surface area contributed by atoms with E-state index in [1.54, 1.807) is 30.1 Å². The van der Waals surface area contributed by atoms with E-state index in [0.29, 0.717) is 17.9 Å². The molecule has 0 unspecified atom stereocenters. The maximum absolute atomic E-state index is 8.78. The topological polar surface area (TPSA) is 79.7 Å². The molecule has 5 heteroatoms. The Hall–Kier alpha value is -2.48. The summed E-state index contributed by atoms with van der Waals surface area (Å²) in [6.07, 6.45) is 1.73. The first-order valence-corrected chi connectivity index (χ1v) is 5.21. The zero-order valence-electron chi connectivity index (χ0n) is 9.51. The second-order valence-electron chi connectivity index (χ2n) is 3.72. The highest BCUT2D eigenvalue weighted by molar-refractivity contribution is 5.50. The molecule has 0 aliphatic rings. The Balaban J connectivity index is 2.07. The number of nitrogens with zero attached hydrogens (tertiary/aromatic N) is 3. The minimum absolute atomic E-state index is 0.592. The van der Waals surface area contributed by atoms with E-state index in [1.807, 2.05) is 12.1 Å². The summed E-state index contributed by atoms with van der Waals surface area (Å²) < 4.78 is 1.63. The largest absolute Gasteiger partial charge is 0.384 e. The number of nitrogens with two attached hydrogens (primary N) is 1. The number of rotatable bonds is 3. The van der Waals surface area contributed by atoms with E-state index < -0.39 is 0 Å². The minimum atomic E-state index is 0.592. The minimum Gasteiger partial charge on any atom is -0.384 e. The molecule has 0 radical (unpaired) electrons. The van der Waals surface area contributed by atoms with Gasteiger partial charge in [0.15, 0.2) is 0 Å². The number of hydrogen-bond acceptors (Lipinski definition) is 4. The van der Waals surface area contributed by atoms with E-state index >= 15 is 0 Å². The molecule has 5 nitrogen and oxygen atoms in total. The number of aryl methyl sites for hydroxylation is 1. The molecule has 0 bridgehead atoms. The van der Waals surface area contributed by atoms with Crippen molar-refractivity contribution in [3.05, 3.63) is 41.6 Å². The molecular formula is C12H13N5. The highest BCUT2D eigenvalue weighted by Gasteiger charge is 2.04. The Kier molecular flexibility index (Phi) is 2.97. The molecule has 0 aliphatic carbocycles. The molecule has 3 N–H and O–H groups in total. The Morgan fingerprint density at radius 3 is 3.00 bits per heavy atom. The first kappa shape index (κ1) is 11.0. The molecule has 2 aromatic rings. The summed E-state index contributed by atoms with van der Waals surface area (Å²) in [6, 6.07) is 9.42. The molecule has 0 amide bonds. The fraction of sp³-hybridized carbons (Fsp3) is 0.167. The maximum Gasteiger partial charge on any atom is 0.126 e. The van der Waals surface area contributed by atoms with Crippen LogP contribution in [-0.2, 0) is 13.6 Å². The number of nitrogens with one attached hydrogen (secondary N) is 1. The second kappa shape index (κ2) is 4.58. The fourth-order valence-corrected chi connectivity index (χ4v) is 1.52. The predicted octanol–water partition coefficient (Wildman–Crippen LogP) is 1.49. The van der Waals surface area contributed by atoms with Crippen LogP contribution < -0.4 is 11.1 Å². The molecule has 2 rings (SSSR count). The Labute approximate surface area is 99.5 Å². The maximum atomic E-state index is 8.78. The molecule has 0 saturated carbocycles. The van der Waals surface area contributed by atoms with Gasteiger partial charge in [0.05, 0.1) is 17.8 Å². The Bertz CT molecular complexity index is 565. The van der Waals surface area contributed by atoms with E-state index in [9.17, 15) is 0 Å². The van der Waals surface area contributed by atoms with Crippen molar-refractivity contribution >= 4 is 11.5 Å². The van der Waals surface area contributed by atoms with E-state index in [-0.39, 0.29) is 0 Å². The summed E-state index contributed by atoms with van der Waals surface area (Å²) in [7, 11) is 1.80. The zero-order valence-corrected chi connectivity index (χ0v) is 9.51. The van der Waals surface area contributed by atoms with Gasteiger partial charge in [-0.3, -0.25) is 4.68 Å². The van der Waals surface area contributed by atoms with E-state index in [0.717, 1.165) is 11.3 Å². The molecule has 1 aromatic heterocycles. The monoisotopic (exact) mass is 227 g/mol. The molecule has 86 valence electrons. The van der Waals surface area contributed by atoms with Crippen LogP contribution in [0, 0.1) is 11.3 Å². The summed E-state index contributed by atoms with van der Waals surface area (Å²) in [6.45, 7) is 0.592. The highest BCUT2D eigenvalue weighted by Crippen LogP contribution is 2.14. The van der Waals surface area contributed by atoms with E-state index in [2.05, 4.69) is 16.5 Å². The average Bonchev–Trinajstić information content (AvgIpc) is 2.68. The van der Waals surface area contributed by atoms with Gasteiger partial charge in [-0.05, 0) is 18.2 Å². The number of nitriles is 1. The third-order valence-corrected chi connectivity index (χ3v) is 2.54. The molecule has 0 atom stereocenters.